The number of amides is 12. The summed E-state index contributed by atoms with van der Waals surface area (Å²) in [5.41, 5.74) is 21.9. The van der Waals surface area contributed by atoms with E-state index in [2.05, 4.69) is 63.5 Å². The van der Waals surface area contributed by atoms with Gasteiger partial charge in [0.15, 0.2) is 5.96 Å². The van der Waals surface area contributed by atoms with E-state index in [9.17, 15) is 68.1 Å². The lowest BCUT2D eigenvalue weighted by Gasteiger charge is -2.35. The fourth-order valence-electron chi connectivity index (χ4n) is 9.63. The van der Waals surface area contributed by atoms with Crippen LogP contribution >= 0.6 is 0 Å². The Bertz CT molecular complexity index is 2700. The summed E-state index contributed by atoms with van der Waals surface area (Å²) in [6.07, 6.45) is -4.18. The molecule has 512 valence electrons. The third kappa shape index (κ3) is 27.5. The number of hydrogen-bond acceptors (Lipinski definition) is 17. The molecule has 1 aliphatic rings. The number of nitrogens with two attached hydrogens (primary N) is 4. The van der Waals surface area contributed by atoms with Crippen LogP contribution in [-0.2, 0) is 57.5 Å². The van der Waals surface area contributed by atoms with E-state index in [1.807, 2.05) is 20.8 Å². The molecule has 1 aliphatic heterocycles. The van der Waals surface area contributed by atoms with E-state index in [-0.39, 0.29) is 62.5 Å². The summed E-state index contributed by atoms with van der Waals surface area (Å²) in [5, 5.41) is 60.8. The number of carbonyl (C=O) groups is 12. The van der Waals surface area contributed by atoms with E-state index in [1.165, 1.54) is 38.1 Å². The molecule has 14 atom stereocenters. The summed E-state index contributed by atoms with van der Waals surface area (Å²) in [7, 11) is 0. The van der Waals surface area contributed by atoms with Crippen LogP contribution in [0.5, 0.6) is 0 Å². The smallest absolute Gasteiger partial charge is 0.245 e. The maximum absolute atomic E-state index is 15.5. The van der Waals surface area contributed by atoms with Gasteiger partial charge in [-0.3, -0.25) is 62.5 Å². The van der Waals surface area contributed by atoms with Crippen molar-refractivity contribution in [3.05, 3.63) is 35.9 Å². The molecule has 31 nitrogen and oxygen atoms in total. The van der Waals surface area contributed by atoms with Crippen molar-refractivity contribution >= 4 is 76.8 Å². The monoisotopic (exact) mass is 1290 g/mol. The number of aliphatic hydroxyl groups excluding tert-OH is 3. The molecule has 2 rings (SSSR count). The predicted molar refractivity (Wildman–Crippen MR) is 336 cm³/mol. The maximum Gasteiger partial charge on any atom is 0.245 e. The normalized spacial score (nSPS) is 24.5. The first-order valence-electron chi connectivity index (χ1n) is 30.6. The first-order valence-corrected chi connectivity index (χ1v) is 30.6. The van der Waals surface area contributed by atoms with Crippen LogP contribution in [0.3, 0.4) is 0 Å². The van der Waals surface area contributed by atoms with Crippen molar-refractivity contribution in [2.45, 2.75) is 214 Å². The number of rotatable bonds is 21. The number of benzene rings is 1. The number of aliphatic hydroxyl groups is 3. The molecule has 1 saturated heterocycles. The van der Waals surface area contributed by atoms with Gasteiger partial charge in [-0.1, -0.05) is 120 Å². The molecule has 0 aliphatic carbocycles. The first kappa shape index (κ1) is 79.1. The Balaban J connectivity index is 3.13. The molecule has 0 saturated carbocycles. The van der Waals surface area contributed by atoms with Gasteiger partial charge in [0.1, 0.15) is 54.4 Å². The number of nitrogens with zero attached hydrogens (tertiary/aromatic N) is 1. The lowest BCUT2D eigenvalue weighted by Crippen LogP contribution is -2.65. The molecule has 1 aromatic carbocycles. The Hall–Kier alpha value is -8.03. The fraction of sp³-hybridized carbons (Fsp3) is 0.683. The van der Waals surface area contributed by atoms with Gasteiger partial charge in [-0.05, 0) is 73.2 Å². The van der Waals surface area contributed by atoms with Crippen molar-refractivity contribution in [2.24, 2.45) is 56.5 Å². The van der Waals surface area contributed by atoms with Crippen molar-refractivity contribution in [1.29, 1.82) is 0 Å². The average molecular weight is 1290 g/mol. The minimum absolute atomic E-state index is 0.0319. The molecular formula is C60H102N16O15. The molecule has 1 fully saturated rings. The molecule has 91 heavy (non-hydrogen) atoms. The number of hydrogen-bond donors (Lipinski definition) is 18. The zero-order valence-corrected chi connectivity index (χ0v) is 54.7. The van der Waals surface area contributed by atoms with Gasteiger partial charge in [-0.25, -0.2) is 0 Å². The molecule has 0 bridgehead atoms. The molecule has 0 radical (unpaired) electrons. The van der Waals surface area contributed by atoms with Crippen molar-refractivity contribution in [2.75, 3.05) is 19.7 Å². The van der Waals surface area contributed by atoms with Gasteiger partial charge in [-0.2, -0.15) is 0 Å². The number of primary amides is 1. The van der Waals surface area contributed by atoms with Gasteiger partial charge in [0.25, 0.3) is 0 Å². The van der Waals surface area contributed by atoms with E-state index in [0.29, 0.717) is 0 Å². The van der Waals surface area contributed by atoms with Crippen molar-refractivity contribution in [1.82, 2.24) is 58.5 Å². The highest BCUT2D eigenvalue weighted by atomic mass is 16.3. The number of aliphatic imine (C=N–C) groups is 1. The maximum atomic E-state index is 15.5. The molecule has 12 amide bonds. The molecule has 31 heteroatoms. The predicted octanol–water partition coefficient (Wildman–Crippen LogP) is -4.05. The zero-order valence-electron chi connectivity index (χ0n) is 54.7. The number of guanidine groups is 1. The quantitative estimate of drug-likeness (QED) is 0.0316. The van der Waals surface area contributed by atoms with Crippen molar-refractivity contribution in [3.63, 3.8) is 0 Å². The number of nitrogens with one attached hydrogen (secondary N) is 11. The van der Waals surface area contributed by atoms with Crippen LogP contribution in [0.2, 0.25) is 0 Å². The molecular weight excluding hydrogens is 1180 g/mol. The van der Waals surface area contributed by atoms with Crippen LogP contribution in [0, 0.1) is 28.6 Å². The fourth-order valence-corrected chi connectivity index (χ4v) is 9.63. The summed E-state index contributed by atoms with van der Waals surface area (Å²) >= 11 is 0. The minimum Gasteiger partial charge on any atom is -0.394 e. The van der Waals surface area contributed by atoms with Gasteiger partial charge in [0, 0.05) is 6.54 Å². The minimum atomic E-state index is -2.06. The Morgan fingerprint density at radius 2 is 1.16 bits per heavy atom. The summed E-state index contributed by atoms with van der Waals surface area (Å²) in [4.78, 5) is 175. The van der Waals surface area contributed by atoms with Gasteiger partial charge in [-0.15, -0.1) is 0 Å². The summed E-state index contributed by atoms with van der Waals surface area (Å²) in [5.74, 6) is -15.1. The van der Waals surface area contributed by atoms with E-state index < -0.39 is 192 Å². The van der Waals surface area contributed by atoms with Crippen LogP contribution in [0.4, 0.5) is 0 Å². The van der Waals surface area contributed by atoms with E-state index >= 15 is 4.79 Å². The van der Waals surface area contributed by atoms with E-state index in [4.69, 9.17) is 22.9 Å². The largest absolute Gasteiger partial charge is 0.394 e. The lowest BCUT2D eigenvalue weighted by atomic mass is 9.86. The van der Waals surface area contributed by atoms with Gasteiger partial charge < -0.3 is 96.7 Å². The third-order valence-corrected chi connectivity index (χ3v) is 14.7. The Labute approximate surface area is 532 Å². The molecule has 22 N–H and O–H groups in total. The van der Waals surface area contributed by atoms with Crippen molar-refractivity contribution in [3.8, 4) is 0 Å². The van der Waals surface area contributed by atoms with Crippen LogP contribution < -0.4 is 81.4 Å². The van der Waals surface area contributed by atoms with Crippen LogP contribution in [0.25, 0.3) is 0 Å². The highest BCUT2D eigenvalue weighted by molar-refractivity contribution is 6.00. The van der Waals surface area contributed by atoms with Gasteiger partial charge in [0.05, 0.1) is 43.9 Å². The Morgan fingerprint density at radius 3 is 1.69 bits per heavy atom. The first-order chi connectivity index (χ1) is 42.2. The molecule has 1 heterocycles. The SMILES string of the molecule is CC[C@H](C)[C@@H]1NC(=O)[C@@H](CCCN=C(N)N)NC(=O)[C@H](CC(C)C)NC(=O)[C@H]([C@H](O)C(C)C)NC(=O)C(NC(=O)[C@H](CC(C)(C)C)NC(=O)[C@H](N)CC(C)(C)C)[C@@H](c2ccccc2)NC(=O)[C@H](CO)NC(=O)C(CC(N)=O)NC(=O)CNC(=O)[C@H]([C@H](C)O)NC1=O. The number of carbonyl (C=O) groups excluding carboxylic acids is 12. The Morgan fingerprint density at radius 1 is 0.637 bits per heavy atom. The Kier molecular flexibility index (Phi) is 31.9. The third-order valence-electron chi connectivity index (χ3n) is 14.7. The average Bonchev–Trinajstić information content (AvgIpc) is 1.07. The zero-order chi connectivity index (χ0) is 69.4. The molecule has 0 spiro atoms. The van der Waals surface area contributed by atoms with E-state index in [0.717, 1.165) is 6.92 Å². The van der Waals surface area contributed by atoms with Crippen LogP contribution in [0.1, 0.15) is 147 Å². The van der Waals surface area contributed by atoms with Crippen LogP contribution in [0.15, 0.2) is 35.3 Å². The highest BCUT2D eigenvalue weighted by Gasteiger charge is 2.43. The summed E-state index contributed by atoms with van der Waals surface area (Å²) in [6.45, 7) is 19.6. The molecule has 2 unspecified atom stereocenters. The lowest BCUT2D eigenvalue weighted by molar-refractivity contribution is -0.139. The summed E-state index contributed by atoms with van der Waals surface area (Å²) < 4.78 is 0. The molecule has 0 aromatic heterocycles. The topological polar surface area (TPSA) is 514 Å². The van der Waals surface area contributed by atoms with Gasteiger partial charge >= 0.3 is 0 Å². The second-order valence-corrected chi connectivity index (χ2v) is 26.4. The van der Waals surface area contributed by atoms with E-state index in [1.54, 1.807) is 54.5 Å². The van der Waals surface area contributed by atoms with Crippen LogP contribution in [-0.4, -0.2) is 184 Å². The highest BCUT2D eigenvalue weighted by Crippen LogP contribution is 2.25. The van der Waals surface area contributed by atoms with Crippen molar-refractivity contribution < 1.29 is 72.9 Å². The molecule has 1 aromatic rings. The summed E-state index contributed by atoms with van der Waals surface area (Å²) in [6, 6.07) is -11.1. The second-order valence-electron chi connectivity index (χ2n) is 26.4. The second kappa shape index (κ2) is 36.7. The standard InChI is InChI=1S/C60H102N16O15/c1-14-31(6)42-55(89)73-43(32(7)78)54(88)66-27-41(80)67-37(24-40(62)79)51(85)71-39(28-77)53(87)74-44(33-19-16-15-17-20-33)45(75-52(86)38(26-60(11,12)13)70-48(82)34(61)25-59(8,9)10)56(90)76-46(47(81)30(4)5)57(91)69-36(23-29(2)3)50(84)68-35(49(83)72-42)21-18-22-65-58(63)64/h15-17,19-20,29-32,34-39,42-47,77-78,81H,14,18,21-28,61H2,1-13H3,(H2,62,79)(H,66,88)(H,67,80)(H,68,84)(H,69,91)(H,70,82)(H,71,85)(H,72,83)(H,73,89)(H,74,87)(H,75,86)(H,76,90)(H4,63,64,65)/t31-,32-,34+,35+,36-,37?,38-,39-,42-,43-,44+,45?,46-,47+/m0/s1. The van der Waals surface area contributed by atoms with Gasteiger partial charge in [0.2, 0.25) is 70.9 Å².